The molecule has 0 atom stereocenters. The van der Waals surface area contributed by atoms with Gasteiger partial charge in [0, 0.05) is 0 Å². The molecule has 18 heteroatoms. The van der Waals surface area contributed by atoms with Crippen LogP contribution in [0.15, 0.2) is 68.5 Å². The Bertz CT molecular complexity index is 1350. The first-order valence-corrected chi connectivity index (χ1v) is 10.9. The van der Waals surface area contributed by atoms with Crippen LogP contribution in [0.5, 0.6) is 0 Å². The van der Waals surface area contributed by atoms with Crippen LogP contribution in [-0.2, 0) is 29.8 Å². The summed E-state index contributed by atoms with van der Waals surface area (Å²) in [6.07, 6.45) is 0. The Labute approximate surface area is 260 Å². The van der Waals surface area contributed by atoms with Crippen LogP contribution in [-0.4, -0.2) is 143 Å². The number of anilines is 2. The van der Waals surface area contributed by atoms with Crippen molar-refractivity contribution in [3.05, 3.63) is 48.5 Å². The minimum absolute atomic E-state index is 0. The zero-order chi connectivity index (χ0) is 23.0. The van der Waals surface area contributed by atoms with Crippen LogP contribution in [0.3, 0.4) is 0 Å². The molecule has 0 saturated heterocycles. The molecule has 0 saturated carbocycles. The third-order valence-corrected chi connectivity index (χ3v) is 5.59. The number of amides is 1. The molecule has 0 aliphatic carbocycles. The van der Waals surface area contributed by atoms with Gasteiger partial charge in [0.05, 0.1) is 21.2 Å². The fourth-order valence-electron chi connectivity index (χ4n) is 2.40. The van der Waals surface area contributed by atoms with Gasteiger partial charge in [-0.1, -0.05) is 0 Å². The van der Waals surface area contributed by atoms with E-state index in [1.807, 2.05) is 0 Å². The molecule has 1 aliphatic rings. The van der Waals surface area contributed by atoms with Crippen LogP contribution in [0, 0.1) is 0 Å². The van der Waals surface area contributed by atoms with Gasteiger partial charge in [-0.25, -0.2) is 4.79 Å². The number of hydrazone groups is 2. The van der Waals surface area contributed by atoms with E-state index < -0.39 is 48.4 Å². The van der Waals surface area contributed by atoms with Crippen molar-refractivity contribution in [3.8, 4) is 0 Å². The third-order valence-electron chi connectivity index (χ3n) is 3.85. The molecule has 0 bridgehead atoms. The molecule has 0 unspecified atom stereocenters. The summed E-state index contributed by atoms with van der Waals surface area (Å²) in [5.41, 5.74) is 1.29. The molecule has 0 spiro atoms. The molecular weight excluding hydrogens is 525 g/mol. The van der Waals surface area contributed by atoms with Gasteiger partial charge in [-0.2, -0.15) is 32.0 Å². The summed E-state index contributed by atoms with van der Waals surface area (Å²) in [4.78, 5) is 23.3. The number of aliphatic carboxylic acids is 1. The van der Waals surface area contributed by atoms with Crippen molar-refractivity contribution in [1.82, 2.24) is 0 Å². The number of carboxylic acid groups (broad SMARTS) is 1. The first-order chi connectivity index (χ1) is 14.4. The van der Waals surface area contributed by atoms with Gasteiger partial charge in [0.15, 0.2) is 5.71 Å². The summed E-state index contributed by atoms with van der Waals surface area (Å²) < 4.78 is 62.3. The van der Waals surface area contributed by atoms with E-state index in [1.165, 1.54) is 12.1 Å². The maximum absolute atomic E-state index is 12.6. The molecule has 0 radical (unpaired) electrons. The first-order valence-electron chi connectivity index (χ1n) is 8.03. The van der Waals surface area contributed by atoms with E-state index in [0.717, 1.165) is 36.4 Å². The Morgan fingerprint density at radius 3 is 1.71 bits per heavy atom. The Morgan fingerprint density at radius 1 is 0.853 bits per heavy atom. The number of benzene rings is 2. The molecule has 3 rings (SSSR count). The molecule has 2 aromatic carbocycles. The Balaban J connectivity index is 0.00000363. The van der Waals surface area contributed by atoms with Crippen molar-refractivity contribution >= 4 is 144 Å². The number of hydrogen-bond donors (Lipinski definition) is 4. The summed E-state index contributed by atoms with van der Waals surface area (Å²) in [6.45, 7) is 0. The molecule has 0 fully saturated rings. The van der Waals surface area contributed by atoms with Crippen LogP contribution >= 0.6 is 0 Å². The summed E-state index contributed by atoms with van der Waals surface area (Å²) in [5, 5.41) is 17.4. The average Bonchev–Trinajstić information content (AvgIpc) is 3.02. The van der Waals surface area contributed by atoms with Crippen molar-refractivity contribution in [2.24, 2.45) is 10.2 Å². The van der Waals surface area contributed by atoms with E-state index in [1.54, 1.807) is 0 Å². The molecule has 168 valence electrons. The van der Waals surface area contributed by atoms with Crippen LogP contribution < -0.4 is 10.4 Å². The molecular formula is C16H15N4Na3O9S2. The summed E-state index contributed by atoms with van der Waals surface area (Å²) in [6, 6.07) is 8.82. The van der Waals surface area contributed by atoms with Crippen LogP contribution in [0.25, 0.3) is 0 Å². The fourth-order valence-corrected chi connectivity index (χ4v) is 3.36. The van der Waals surface area contributed by atoms with Crippen molar-refractivity contribution in [2.75, 3.05) is 10.4 Å². The SMILES string of the molecule is O=C(O)C1=NN(c2ccc(S(=O)(=O)O)cc2)C(=O)/C1=N/Nc1ccc(S(=O)(=O)O)cc1.[NaH].[NaH].[NaH]. The number of nitrogens with one attached hydrogen (secondary N) is 1. The number of nitrogens with zero attached hydrogens (tertiary/aromatic N) is 3. The molecule has 2 aromatic rings. The fraction of sp³-hybridized carbons (Fsp3) is 0. The third kappa shape index (κ3) is 7.92. The topological polar surface area (TPSA) is 203 Å². The number of carbonyl (C=O) groups is 2. The van der Waals surface area contributed by atoms with Gasteiger partial charge in [-0.15, -0.1) is 0 Å². The first kappa shape index (κ1) is 33.3. The Morgan fingerprint density at radius 2 is 1.29 bits per heavy atom. The molecule has 4 N–H and O–H groups in total. The average molecular weight is 540 g/mol. The van der Waals surface area contributed by atoms with Crippen molar-refractivity contribution in [3.63, 3.8) is 0 Å². The number of carboxylic acids is 1. The number of rotatable bonds is 6. The second kappa shape index (κ2) is 13.0. The summed E-state index contributed by atoms with van der Waals surface area (Å²) in [5.74, 6) is -2.51. The Hall–Kier alpha value is -0.660. The monoisotopic (exact) mass is 540 g/mol. The van der Waals surface area contributed by atoms with Crippen LogP contribution in [0.4, 0.5) is 11.4 Å². The normalized spacial score (nSPS) is 14.4. The van der Waals surface area contributed by atoms with Crippen LogP contribution in [0.2, 0.25) is 0 Å². The molecule has 13 nitrogen and oxygen atoms in total. The van der Waals surface area contributed by atoms with Gasteiger partial charge in [-0.3, -0.25) is 19.3 Å². The van der Waals surface area contributed by atoms with Gasteiger partial charge in [0.2, 0.25) is 5.71 Å². The number of hydrogen-bond acceptors (Lipinski definition) is 9. The summed E-state index contributed by atoms with van der Waals surface area (Å²) >= 11 is 0. The second-order valence-electron chi connectivity index (χ2n) is 5.91. The zero-order valence-corrected chi connectivity index (χ0v) is 16.7. The molecule has 1 aliphatic heterocycles. The van der Waals surface area contributed by atoms with Gasteiger partial charge in [0.25, 0.3) is 20.2 Å². The van der Waals surface area contributed by atoms with Crippen LogP contribution in [0.1, 0.15) is 0 Å². The predicted molar refractivity (Wildman–Crippen MR) is 128 cm³/mol. The van der Waals surface area contributed by atoms with Gasteiger partial charge in [0.1, 0.15) is 0 Å². The predicted octanol–water partition coefficient (Wildman–Crippen LogP) is -1.51. The second-order valence-corrected chi connectivity index (χ2v) is 8.75. The minimum atomic E-state index is -4.46. The Kier molecular flexibility index (Phi) is 12.8. The van der Waals surface area contributed by atoms with Crippen molar-refractivity contribution < 1.29 is 40.6 Å². The van der Waals surface area contributed by atoms with Gasteiger partial charge in [-0.05, 0) is 48.5 Å². The molecule has 1 heterocycles. The van der Waals surface area contributed by atoms with E-state index in [0.29, 0.717) is 5.01 Å². The zero-order valence-electron chi connectivity index (χ0n) is 15.1. The molecule has 34 heavy (non-hydrogen) atoms. The van der Waals surface area contributed by atoms with E-state index in [2.05, 4.69) is 15.6 Å². The van der Waals surface area contributed by atoms with Gasteiger partial charge < -0.3 is 5.11 Å². The van der Waals surface area contributed by atoms with E-state index in [9.17, 15) is 31.5 Å². The maximum atomic E-state index is 12.6. The summed E-state index contributed by atoms with van der Waals surface area (Å²) in [7, 11) is -8.87. The molecule has 1 amide bonds. The van der Waals surface area contributed by atoms with E-state index >= 15 is 0 Å². The van der Waals surface area contributed by atoms with E-state index in [-0.39, 0.29) is 105 Å². The number of carbonyl (C=O) groups excluding carboxylic acids is 1. The quantitative estimate of drug-likeness (QED) is 0.189. The van der Waals surface area contributed by atoms with Crippen molar-refractivity contribution in [1.29, 1.82) is 0 Å². The van der Waals surface area contributed by atoms with E-state index in [4.69, 9.17) is 9.11 Å². The molecule has 0 aromatic heterocycles. The van der Waals surface area contributed by atoms with Gasteiger partial charge >= 0.3 is 101 Å². The van der Waals surface area contributed by atoms with Crippen molar-refractivity contribution in [2.45, 2.75) is 9.79 Å². The standard InChI is InChI=1S/C16H12N4O9S2.3Na.3H/c21-15-13(18-17-9-1-5-11(6-2-9)30(24,25)26)14(16(22)23)19-20(15)10-3-7-12(8-4-10)31(27,28)29;;;;;;/h1-8,17H,(H,22,23)(H,24,25,26)(H,27,28,29);;;;;;/b18-13+;;;;;;.